The van der Waals surface area contributed by atoms with Gasteiger partial charge in [0, 0.05) is 22.0 Å². The summed E-state index contributed by atoms with van der Waals surface area (Å²) < 4.78 is 0. The Hall–Kier alpha value is -0.480. The average Bonchev–Trinajstić information content (AvgIpc) is 3.02. The first-order chi connectivity index (χ1) is 9.25. The highest BCUT2D eigenvalue weighted by atomic mass is 79.9. The molecule has 0 radical (unpaired) electrons. The van der Waals surface area contributed by atoms with E-state index in [0.717, 1.165) is 12.3 Å². The van der Waals surface area contributed by atoms with Gasteiger partial charge in [0.15, 0.2) is 0 Å². The standard InChI is InChI=1S/C15H18BrNOS/c16-13-6-3-4-10(13)8-17-15(18)12-9-19-14-7-2-1-5-11(12)14/h1-2,5,7,10,12-13H,3-4,6,8-9H2,(H,17,18). The minimum absolute atomic E-state index is 0.0383. The summed E-state index contributed by atoms with van der Waals surface area (Å²) in [6.45, 7) is 0.818. The van der Waals surface area contributed by atoms with E-state index in [1.54, 1.807) is 11.8 Å². The van der Waals surface area contributed by atoms with Crippen molar-refractivity contribution < 1.29 is 4.79 Å². The van der Waals surface area contributed by atoms with Crippen LogP contribution in [0, 0.1) is 5.92 Å². The molecule has 1 aliphatic carbocycles. The molecule has 1 amide bonds. The highest BCUT2D eigenvalue weighted by Gasteiger charge is 2.30. The molecule has 1 N–H and O–H groups in total. The maximum Gasteiger partial charge on any atom is 0.228 e. The van der Waals surface area contributed by atoms with Crippen molar-refractivity contribution in [3.05, 3.63) is 29.8 Å². The monoisotopic (exact) mass is 339 g/mol. The molecule has 0 saturated heterocycles. The number of hydrogen-bond donors (Lipinski definition) is 1. The molecule has 102 valence electrons. The maximum atomic E-state index is 12.3. The highest BCUT2D eigenvalue weighted by Crippen LogP contribution is 2.39. The number of alkyl halides is 1. The third-order valence-electron chi connectivity index (χ3n) is 4.12. The molecular formula is C15H18BrNOS. The molecule has 3 rings (SSSR count). The number of carbonyl (C=O) groups is 1. The summed E-state index contributed by atoms with van der Waals surface area (Å²) in [5.74, 6) is 1.72. The Morgan fingerprint density at radius 3 is 3.00 bits per heavy atom. The largest absolute Gasteiger partial charge is 0.355 e. The fourth-order valence-electron chi connectivity index (χ4n) is 2.96. The zero-order valence-corrected chi connectivity index (χ0v) is 13.2. The van der Waals surface area contributed by atoms with Gasteiger partial charge in [-0.05, 0) is 30.4 Å². The van der Waals surface area contributed by atoms with Gasteiger partial charge in [-0.3, -0.25) is 4.79 Å². The fraction of sp³-hybridized carbons (Fsp3) is 0.533. The van der Waals surface area contributed by atoms with Crippen LogP contribution >= 0.6 is 27.7 Å². The van der Waals surface area contributed by atoms with Crippen LogP contribution in [0.2, 0.25) is 0 Å². The second-order valence-electron chi connectivity index (χ2n) is 5.35. The summed E-state index contributed by atoms with van der Waals surface area (Å²) in [7, 11) is 0. The minimum Gasteiger partial charge on any atom is -0.355 e. The SMILES string of the molecule is O=C(NCC1CCCC1Br)C1CSc2ccccc21. The number of carbonyl (C=O) groups excluding carboxylic acids is 1. The van der Waals surface area contributed by atoms with Gasteiger partial charge >= 0.3 is 0 Å². The van der Waals surface area contributed by atoms with E-state index in [1.807, 2.05) is 12.1 Å². The summed E-state index contributed by atoms with van der Waals surface area (Å²) in [5.41, 5.74) is 1.20. The summed E-state index contributed by atoms with van der Waals surface area (Å²) in [6, 6.07) is 8.26. The van der Waals surface area contributed by atoms with Crippen LogP contribution in [-0.4, -0.2) is 23.0 Å². The lowest BCUT2D eigenvalue weighted by molar-refractivity contribution is -0.122. The van der Waals surface area contributed by atoms with Crippen LogP contribution in [0.3, 0.4) is 0 Å². The fourth-order valence-corrected chi connectivity index (χ4v) is 4.96. The third kappa shape index (κ3) is 2.84. The van der Waals surface area contributed by atoms with Gasteiger partial charge in [-0.1, -0.05) is 40.5 Å². The molecule has 1 aliphatic heterocycles. The molecular weight excluding hydrogens is 322 g/mol. The van der Waals surface area contributed by atoms with Gasteiger partial charge in [0.1, 0.15) is 0 Å². The van der Waals surface area contributed by atoms with Crippen molar-refractivity contribution >= 4 is 33.6 Å². The van der Waals surface area contributed by atoms with Crippen LogP contribution in [0.25, 0.3) is 0 Å². The molecule has 1 heterocycles. The van der Waals surface area contributed by atoms with Gasteiger partial charge in [-0.15, -0.1) is 11.8 Å². The third-order valence-corrected chi connectivity index (χ3v) is 6.51. The van der Waals surface area contributed by atoms with Crippen LogP contribution in [-0.2, 0) is 4.79 Å². The van der Waals surface area contributed by atoms with Crippen molar-refractivity contribution in [1.29, 1.82) is 0 Å². The van der Waals surface area contributed by atoms with E-state index < -0.39 is 0 Å². The number of halogens is 1. The van der Waals surface area contributed by atoms with Crippen LogP contribution in [0.1, 0.15) is 30.7 Å². The Balaban J connectivity index is 1.60. The van der Waals surface area contributed by atoms with Gasteiger partial charge in [-0.2, -0.15) is 0 Å². The smallest absolute Gasteiger partial charge is 0.228 e. The first-order valence-electron chi connectivity index (χ1n) is 6.89. The molecule has 3 unspecified atom stereocenters. The first kappa shape index (κ1) is 13.5. The van der Waals surface area contributed by atoms with Crippen LogP contribution in [0.4, 0.5) is 0 Å². The number of thioether (sulfide) groups is 1. The molecule has 1 fully saturated rings. The molecule has 19 heavy (non-hydrogen) atoms. The molecule has 2 nitrogen and oxygen atoms in total. The molecule has 1 aromatic rings. The maximum absolute atomic E-state index is 12.3. The topological polar surface area (TPSA) is 29.1 Å². The molecule has 4 heteroatoms. The molecule has 3 atom stereocenters. The van der Waals surface area contributed by atoms with Gasteiger partial charge in [0.05, 0.1) is 5.92 Å². The Kier molecular flexibility index (Phi) is 4.18. The molecule has 2 aliphatic rings. The number of amides is 1. The van der Waals surface area contributed by atoms with Gasteiger partial charge < -0.3 is 5.32 Å². The minimum atomic E-state index is 0.0383. The summed E-state index contributed by atoms with van der Waals surface area (Å²) >= 11 is 5.50. The van der Waals surface area contributed by atoms with Crippen LogP contribution in [0.5, 0.6) is 0 Å². The zero-order valence-electron chi connectivity index (χ0n) is 10.8. The van der Waals surface area contributed by atoms with Crippen molar-refractivity contribution in [3.8, 4) is 0 Å². The average molecular weight is 340 g/mol. The second kappa shape index (κ2) is 5.88. The molecule has 1 saturated carbocycles. The van der Waals surface area contributed by atoms with Crippen LogP contribution < -0.4 is 5.32 Å². The van der Waals surface area contributed by atoms with Crippen molar-refractivity contribution in [2.75, 3.05) is 12.3 Å². The van der Waals surface area contributed by atoms with E-state index in [9.17, 15) is 4.79 Å². The number of hydrogen-bond acceptors (Lipinski definition) is 2. The normalized spacial score (nSPS) is 29.2. The summed E-state index contributed by atoms with van der Waals surface area (Å²) in [6.07, 6.45) is 3.74. The summed E-state index contributed by atoms with van der Waals surface area (Å²) in [5, 5.41) is 3.16. The number of fused-ring (bicyclic) bond motifs is 1. The van der Waals surface area contributed by atoms with Crippen molar-refractivity contribution in [3.63, 3.8) is 0 Å². The quantitative estimate of drug-likeness (QED) is 0.853. The Bertz CT molecular complexity index is 479. The van der Waals surface area contributed by atoms with Gasteiger partial charge in [0.25, 0.3) is 0 Å². The number of nitrogens with one attached hydrogen (secondary N) is 1. The van der Waals surface area contributed by atoms with Crippen molar-refractivity contribution in [2.24, 2.45) is 5.92 Å². The zero-order chi connectivity index (χ0) is 13.2. The van der Waals surface area contributed by atoms with E-state index in [1.165, 1.54) is 29.7 Å². The van der Waals surface area contributed by atoms with E-state index in [4.69, 9.17) is 0 Å². The van der Waals surface area contributed by atoms with E-state index in [2.05, 4.69) is 33.4 Å². The van der Waals surface area contributed by atoms with Gasteiger partial charge in [0.2, 0.25) is 5.91 Å². The lowest BCUT2D eigenvalue weighted by atomic mass is 10.00. The van der Waals surface area contributed by atoms with E-state index in [0.29, 0.717) is 10.7 Å². The Morgan fingerprint density at radius 2 is 2.21 bits per heavy atom. The Morgan fingerprint density at radius 1 is 1.37 bits per heavy atom. The second-order valence-corrected chi connectivity index (χ2v) is 7.59. The predicted octanol–water partition coefficient (Wildman–Crippen LogP) is 3.56. The van der Waals surface area contributed by atoms with Crippen molar-refractivity contribution in [2.45, 2.75) is 34.9 Å². The molecule has 0 bridgehead atoms. The van der Waals surface area contributed by atoms with E-state index in [-0.39, 0.29) is 11.8 Å². The van der Waals surface area contributed by atoms with Gasteiger partial charge in [-0.25, -0.2) is 0 Å². The van der Waals surface area contributed by atoms with Crippen LogP contribution in [0.15, 0.2) is 29.2 Å². The number of rotatable bonds is 3. The molecule has 1 aromatic carbocycles. The summed E-state index contributed by atoms with van der Waals surface area (Å²) in [4.78, 5) is 14.2. The van der Waals surface area contributed by atoms with E-state index >= 15 is 0 Å². The lowest BCUT2D eigenvalue weighted by Gasteiger charge is -2.17. The molecule has 0 aromatic heterocycles. The lowest BCUT2D eigenvalue weighted by Crippen LogP contribution is -2.34. The Labute approximate surface area is 126 Å². The molecule has 0 spiro atoms. The van der Waals surface area contributed by atoms with Crippen molar-refractivity contribution in [1.82, 2.24) is 5.32 Å². The first-order valence-corrected chi connectivity index (χ1v) is 8.79. The predicted molar refractivity (Wildman–Crippen MR) is 83.0 cm³/mol. The number of benzene rings is 1. The highest BCUT2D eigenvalue weighted by molar-refractivity contribution is 9.09.